The van der Waals surface area contributed by atoms with E-state index in [0.29, 0.717) is 6.61 Å². The van der Waals surface area contributed by atoms with Crippen molar-refractivity contribution in [3.63, 3.8) is 0 Å². The van der Waals surface area contributed by atoms with Crippen LogP contribution >= 0.6 is 15.9 Å². The Morgan fingerprint density at radius 2 is 2.10 bits per heavy atom. The van der Waals surface area contributed by atoms with Gasteiger partial charge in [0.05, 0.1) is 12.7 Å². The van der Waals surface area contributed by atoms with Crippen LogP contribution in [0.1, 0.15) is 12.8 Å². The standard InChI is InChI=1S/C7H15BrO2/c1-9-6-7(10-2)4-3-5-8/h7H,3-6H2,1-2H3. The molecule has 0 saturated carbocycles. The van der Waals surface area contributed by atoms with Crippen molar-refractivity contribution >= 4 is 15.9 Å². The molecule has 0 bridgehead atoms. The normalized spacial score (nSPS) is 13.5. The highest BCUT2D eigenvalue weighted by Crippen LogP contribution is 2.03. The molecule has 0 aromatic rings. The number of ether oxygens (including phenoxy) is 2. The van der Waals surface area contributed by atoms with Gasteiger partial charge in [-0.05, 0) is 12.8 Å². The maximum absolute atomic E-state index is 5.15. The Morgan fingerprint density at radius 1 is 1.40 bits per heavy atom. The minimum absolute atomic E-state index is 0.266. The maximum atomic E-state index is 5.15. The summed E-state index contributed by atoms with van der Waals surface area (Å²) in [4.78, 5) is 0. The van der Waals surface area contributed by atoms with Crippen molar-refractivity contribution in [3.05, 3.63) is 0 Å². The van der Waals surface area contributed by atoms with E-state index in [2.05, 4.69) is 15.9 Å². The van der Waals surface area contributed by atoms with Gasteiger partial charge in [-0.3, -0.25) is 0 Å². The number of alkyl halides is 1. The summed E-state index contributed by atoms with van der Waals surface area (Å²) in [6.45, 7) is 0.698. The predicted octanol–water partition coefficient (Wildman–Crippen LogP) is 1.82. The predicted molar refractivity (Wildman–Crippen MR) is 45.7 cm³/mol. The molecular formula is C7H15BrO2. The van der Waals surface area contributed by atoms with Gasteiger partial charge in [-0.15, -0.1) is 0 Å². The first-order valence-corrected chi connectivity index (χ1v) is 4.55. The molecule has 2 nitrogen and oxygen atoms in total. The molecule has 0 aliphatic rings. The Balaban J connectivity index is 3.21. The van der Waals surface area contributed by atoms with E-state index in [9.17, 15) is 0 Å². The smallest absolute Gasteiger partial charge is 0.0804 e. The van der Waals surface area contributed by atoms with E-state index in [1.807, 2.05) is 0 Å². The van der Waals surface area contributed by atoms with Crippen LogP contribution in [0.2, 0.25) is 0 Å². The maximum Gasteiger partial charge on any atom is 0.0804 e. The molecule has 0 heterocycles. The number of rotatable bonds is 6. The highest BCUT2D eigenvalue weighted by Gasteiger charge is 2.04. The fourth-order valence-corrected chi connectivity index (χ4v) is 1.08. The molecule has 0 rings (SSSR count). The van der Waals surface area contributed by atoms with Crippen LogP contribution in [0.5, 0.6) is 0 Å². The number of hydrogen-bond acceptors (Lipinski definition) is 2. The van der Waals surface area contributed by atoms with Gasteiger partial charge in [-0.2, -0.15) is 0 Å². The summed E-state index contributed by atoms with van der Waals surface area (Å²) >= 11 is 3.36. The van der Waals surface area contributed by atoms with Gasteiger partial charge in [0.15, 0.2) is 0 Å². The van der Waals surface area contributed by atoms with E-state index in [-0.39, 0.29) is 6.10 Å². The molecule has 0 fully saturated rings. The van der Waals surface area contributed by atoms with Gasteiger partial charge in [0.25, 0.3) is 0 Å². The Morgan fingerprint density at radius 3 is 2.50 bits per heavy atom. The van der Waals surface area contributed by atoms with Crippen molar-refractivity contribution in [1.82, 2.24) is 0 Å². The molecule has 0 saturated heterocycles. The molecule has 0 spiro atoms. The van der Waals surface area contributed by atoms with Gasteiger partial charge in [-0.1, -0.05) is 15.9 Å². The lowest BCUT2D eigenvalue weighted by atomic mass is 10.2. The second-order valence-corrected chi connectivity index (χ2v) is 2.94. The van der Waals surface area contributed by atoms with Crippen LogP contribution in [0.3, 0.4) is 0 Å². The molecule has 1 atom stereocenters. The van der Waals surface area contributed by atoms with E-state index in [1.54, 1.807) is 14.2 Å². The molecule has 10 heavy (non-hydrogen) atoms. The van der Waals surface area contributed by atoms with Crippen molar-refractivity contribution < 1.29 is 9.47 Å². The molecule has 0 aliphatic carbocycles. The SMILES string of the molecule is COCC(CCCBr)OC. The number of methoxy groups -OCH3 is 2. The average molecular weight is 211 g/mol. The minimum Gasteiger partial charge on any atom is -0.382 e. The van der Waals surface area contributed by atoms with Crippen LogP contribution in [0.25, 0.3) is 0 Å². The first-order chi connectivity index (χ1) is 4.85. The lowest BCUT2D eigenvalue weighted by Crippen LogP contribution is -2.17. The Labute approximate surface area is 71.0 Å². The van der Waals surface area contributed by atoms with Gasteiger partial charge in [0.1, 0.15) is 0 Å². The summed E-state index contributed by atoms with van der Waals surface area (Å²) in [5.74, 6) is 0. The second kappa shape index (κ2) is 7.51. The topological polar surface area (TPSA) is 18.5 Å². The third-order valence-corrected chi connectivity index (χ3v) is 1.91. The molecule has 0 radical (unpaired) electrons. The quantitative estimate of drug-likeness (QED) is 0.624. The largest absolute Gasteiger partial charge is 0.382 e. The molecule has 0 aromatic heterocycles. The summed E-state index contributed by atoms with van der Waals surface area (Å²) < 4.78 is 10.1. The van der Waals surface area contributed by atoms with E-state index in [0.717, 1.165) is 18.2 Å². The van der Waals surface area contributed by atoms with Crippen LogP contribution in [0.15, 0.2) is 0 Å². The van der Waals surface area contributed by atoms with Gasteiger partial charge >= 0.3 is 0 Å². The van der Waals surface area contributed by atoms with E-state index >= 15 is 0 Å². The number of hydrogen-bond donors (Lipinski definition) is 0. The molecular weight excluding hydrogens is 196 g/mol. The molecule has 62 valence electrons. The van der Waals surface area contributed by atoms with Gasteiger partial charge in [0, 0.05) is 19.5 Å². The molecule has 1 unspecified atom stereocenters. The molecule has 0 amide bonds. The Hall–Kier alpha value is 0.400. The highest BCUT2D eigenvalue weighted by molar-refractivity contribution is 9.09. The van der Waals surface area contributed by atoms with Gasteiger partial charge in [-0.25, -0.2) is 0 Å². The van der Waals surface area contributed by atoms with E-state index < -0.39 is 0 Å². The third kappa shape index (κ3) is 5.21. The summed E-state index contributed by atoms with van der Waals surface area (Å²) in [5, 5.41) is 1.04. The second-order valence-electron chi connectivity index (χ2n) is 2.14. The van der Waals surface area contributed by atoms with Crippen molar-refractivity contribution in [2.45, 2.75) is 18.9 Å². The van der Waals surface area contributed by atoms with Crippen molar-refractivity contribution in [3.8, 4) is 0 Å². The van der Waals surface area contributed by atoms with Crippen molar-refractivity contribution in [1.29, 1.82) is 0 Å². The van der Waals surface area contributed by atoms with E-state index in [1.165, 1.54) is 0 Å². The number of halogens is 1. The first-order valence-electron chi connectivity index (χ1n) is 3.42. The zero-order valence-corrected chi connectivity index (χ0v) is 8.19. The lowest BCUT2D eigenvalue weighted by molar-refractivity contribution is 0.0234. The first kappa shape index (κ1) is 10.4. The van der Waals surface area contributed by atoms with Crippen LogP contribution in [0, 0.1) is 0 Å². The Kier molecular flexibility index (Phi) is 7.81. The van der Waals surface area contributed by atoms with Crippen LogP contribution in [-0.2, 0) is 9.47 Å². The summed E-state index contributed by atoms with van der Waals surface area (Å²) in [5.41, 5.74) is 0. The third-order valence-electron chi connectivity index (χ3n) is 1.35. The fraction of sp³-hybridized carbons (Fsp3) is 1.00. The highest BCUT2D eigenvalue weighted by atomic mass is 79.9. The zero-order chi connectivity index (χ0) is 7.82. The van der Waals surface area contributed by atoms with Gasteiger partial charge < -0.3 is 9.47 Å². The molecule has 3 heteroatoms. The molecule has 0 aromatic carbocycles. The molecule has 0 aliphatic heterocycles. The monoisotopic (exact) mass is 210 g/mol. The van der Waals surface area contributed by atoms with E-state index in [4.69, 9.17) is 9.47 Å². The fourth-order valence-electron chi connectivity index (χ4n) is 0.760. The van der Waals surface area contributed by atoms with Crippen molar-refractivity contribution in [2.75, 3.05) is 26.2 Å². The summed E-state index contributed by atoms with van der Waals surface area (Å²) in [6, 6.07) is 0. The van der Waals surface area contributed by atoms with Crippen LogP contribution < -0.4 is 0 Å². The van der Waals surface area contributed by atoms with Crippen LogP contribution in [-0.4, -0.2) is 32.3 Å². The zero-order valence-electron chi connectivity index (χ0n) is 6.60. The average Bonchev–Trinajstić information content (AvgIpc) is 1.98. The summed E-state index contributed by atoms with van der Waals surface area (Å²) in [6.07, 6.45) is 2.47. The summed E-state index contributed by atoms with van der Waals surface area (Å²) in [7, 11) is 3.41. The minimum atomic E-state index is 0.266. The van der Waals surface area contributed by atoms with Crippen molar-refractivity contribution in [2.24, 2.45) is 0 Å². The molecule has 0 N–H and O–H groups in total. The van der Waals surface area contributed by atoms with Crippen LogP contribution in [0.4, 0.5) is 0 Å². The Bertz CT molecular complexity index is 68.6. The lowest BCUT2D eigenvalue weighted by Gasteiger charge is -2.12. The van der Waals surface area contributed by atoms with Gasteiger partial charge in [0.2, 0.25) is 0 Å².